The second-order valence-electron chi connectivity index (χ2n) is 4.24. The SMILES string of the molecule is CC(C)c1cc(I)cc(C(C)C)c1O. The number of phenols is 1. The van der Waals surface area contributed by atoms with E-state index in [1.165, 1.54) is 3.57 Å². The van der Waals surface area contributed by atoms with E-state index in [0.717, 1.165) is 11.1 Å². The molecule has 0 radical (unpaired) electrons. The number of hydrogen-bond acceptors (Lipinski definition) is 1. The molecule has 0 bridgehead atoms. The van der Waals surface area contributed by atoms with Crippen molar-refractivity contribution in [2.45, 2.75) is 39.5 Å². The number of phenolic OH excluding ortho intramolecular Hbond substituents is 1. The topological polar surface area (TPSA) is 20.2 Å². The van der Waals surface area contributed by atoms with E-state index in [4.69, 9.17) is 0 Å². The van der Waals surface area contributed by atoms with Crippen LogP contribution in [0.25, 0.3) is 0 Å². The Balaban J connectivity index is 3.32. The highest BCUT2D eigenvalue weighted by atomic mass is 127. The summed E-state index contributed by atoms with van der Waals surface area (Å²) in [6, 6.07) is 4.12. The third-order valence-corrected chi connectivity index (χ3v) is 3.00. The number of rotatable bonds is 2. The van der Waals surface area contributed by atoms with Crippen LogP contribution in [0.2, 0.25) is 0 Å². The Labute approximate surface area is 99.7 Å². The molecule has 1 aromatic rings. The molecule has 0 amide bonds. The van der Waals surface area contributed by atoms with Crippen LogP contribution in [0.4, 0.5) is 0 Å². The van der Waals surface area contributed by atoms with E-state index in [2.05, 4.69) is 62.4 Å². The molecule has 0 unspecified atom stereocenters. The number of aromatic hydroxyl groups is 1. The van der Waals surface area contributed by atoms with Crippen LogP contribution in [0.15, 0.2) is 12.1 Å². The van der Waals surface area contributed by atoms with Crippen LogP contribution in [0.1, 0.15) is 50.7 Å². The molecule has 0 saturated heterocycles. The lowest BCUT2D eigenvalue weighted by atomic mass is 9.94. The van der Waals surface area contributed by atoms with E-state index in [1.807, 2.05) is 0 Å². The van der Waals surface area contributed by atoms with Crippen LogP contribution in [-0.2, 0) is 0 Å². The van der Waals surface area contributed by atoms with Crippen molar-refractivity contribution >= 4 is 22.6 Å². The van der Waals surface area contributed by atoms with Crippen molar-refractivity contribution in [1.82, 2.24) is 0 Å². The van der Waals surface area contributed by atoms with Crippen LogP contribution >= 0.6 is 22.6 Å². The average molecular weight is 304 g/mol. The van der Waals surface area contributed by atoms with Gasteiger partial charge < -0.3 is 5.11 Å². The third kappa shape index (κ3) is 2.41. The van der Waals surface area contributed by atoms with Crippen molar-refractivity contribution in [1.29, 1.82) is 0 Å². The zero-order valence-corrected chi connectivity index (χ0v) is 11.3. The molecule has 1 nitrogen and oxygen atoms in total. The van der Waals surface area contributed by atoms with E-state index in [1.54, 1.807) is 0 Å². The molecule has 14 heavy (non-hydrogen) atoms. The highest BCUT2D eigenvalue weighted by Gasteiger charge is 2.13. The maximum atomic E-state index is 10.1. The summed E-state index contributed by atoms with van der Waals surface area (Å²) in [4.78, 5) is 0. The van der Waals surface area contributed by atoms with E-state index < -0.39 is 0 Å². The minimum Gasteiger partial charge on any atom is -0.507 e. The van der Waals surface area contributed by atoms with Gasteiger partial charge in [0.1, 0.15) is 5.75 Å². The van der Waals surface area contributed by atoms with E-state index in [-0.39, 0.29) is 0 Å². The van der Waals surface area contributed by atoms with Gasteiger partial charge in [-0.1, -0.05) is 27.7 Å². The van der Waals surface area contributed by atoms with Crippen molar-refractivity contribution in [3.63, 3.8) is 0 Å². The maximum Gasteiger partial charge on any atom is 0.122 e. The summed E-state index contributed by atoms with van der Waals surface area (Å²) >= 11 is 2.30. The van der Waals surface area contributed by atoms with Crippen LogP contribution < -0.4 is 0 Å². The van der Waals surface area contributed by atoms with Crippen LogP contribution in [0.3, 0.4) is 0 Å². The van der Waals surface area contributed by atoms with Crippen molar-refractivity contribution in [2.24, 2.45) is 0 Å². The first-order chi connectivity index (χ1) is 6.43. The second-order valence-corrected chi connectivity index (χ2v) is 5.49. The lowest BCUT2D eigenvalue weighted by molar-refractivity contribution is 0.454. The summed E-state index contributed by atoms with van der Waals surface area (Å²) in [5.74, 6) is 1.24. The number of hydrogen-bond donors (Lipinski definition) is 1. The highest BCUT2D eigenvalue weighted by Crippen LogP contribution is 2.34. The molecule has 0 saturated carbocycles. The predicted octanol–water partition coefficient (Wildman–Crippen LogP) is 4.24. The molecule has 0 aliphatic rings. The zero-order chi connectivity index (χ0) is 10.9. The smallest absolute Gasteiger partial charge is 0.122 e. The molecule has 0 spiro atoms. The molecule has 0 heterocycles. The summed E-state index contributed by atoms with van der Waals surface area (Å²) in [5.41, 5.74) is 2.11. The molecule has 2 heteroatoms. The lowest BCUT2D eigenvalue weighted by Crippen LogP contribution is -1.96. The zero-order valence-electron chi connectivity index (χ0n) is 9.13. The Morgan fingerprint density at radius 2 is 1.36 bits per heavy atom. The second kappa shape index (κ2) is 4.51. The molecule has 1 aromatic carbocycles. The molecular formula is C12H17IO. The first-order valence-corrected chi connectivity index (χ1v) is 6.03. The van der Waals surface area contributed by atoms with Gasteiger partial charge in [0.25, 0.3) is 0 Å². The van der Waals surface area contributed by atoms with Crippen molar-refractivity contribution in [3.8, 4) is 5.75 Å². The van der Waals surface area contributed by atoms with Gasteiger partial charge in [0.05, 0.1) is 0 Å². The Kier molecular flexibility index (Phi) is 3.81. The van der Waals surface area contributed by atoms with Gasteiger partial charge >= 0.3 is 0 Å². The molecule has 78 valence electrons. The molecule has 0 aromatic heterocycles. The minimum atomic E-state index is 0.377. The summed E-state index contributed by atoms with van der Waals surface area (Å²) in [7, 11) is 0. The Hall–Kier alpha value is -0.250. The lowest BCUT2D eigenvalue weighted by Gasteiger charge is -2.15. The van der Waals surface area contributed by atoms with Gasteiger partial charge in [0.15, 0.2) is 0 Å². The first-order valence-electron chi connectivity index (χ1n) is 4.95. The van der Waals surface area contributed by atoms with Gasteiger partial charge in [-0.2, -0.15) is 0 Å². The molecule has 0 aliphatic heterocycles. The average Bonchev–Trinajstić information content (AvgIpc) is 2.07. The number of benzene rings is 1. The highest BCUT2D eigenvalue weighted by molar-refractivity contribution is 14.1. The fourth-order valence-corrected chi connectivity index (χ4v) is 2.19. The minimum absolute atomic E-state index is 0.377. The quantitative estimate of drug-likeness (QED) is 0.810. The molecule has 0 aliphatic carbocycles. The summed E-state index contributed by atoms with van der Waals surface area (Å²) in [6.07, 6.45) is 0. The number of halogens is 1. The molecule has 1 rings (SSSR count). The monoisotopic (exact) mass is 304 g/mol. The van der Waals surface area contributed by atoms with E-state index in [0.29, 0.717) is 17.6 Å². The molecule has 1 N–H and O–H groups in total. The predicted molar refractivity (Wildman–Crippen MR) is 69.0 cm³/mol. The normalized spacial score (nSPS) is 11.4. The molecule has 0 atom stereocenters. The standard InChI is InChI=1S/C12H17IO/c1-7(2)10-5-9(13)6-11(8(3)4)12(10)14/h5-8,14H,1-4H3. The van der Waals surface area contributed by atoms with Gasteiger partial charge in [-0.3, -0.25) is 0 Å². The van der Waals surface area contributed by atoms with Gasteiger partial charge in [-0.15, -0.1) is 0 Å². The van der Waals surface area contributed by atoms with Gasteiger partial charge in [-0.05, 0) is 57.7 Å². The summed E-state index contributed by atoms with van der Waals surface area (Å²) in [5, 5.41) is 10.1. The van der Waals surface area contributed by atoms with Crippen molar-refractivity contribution < 1.29 is 5.11 Å². The van der Waals surface area contributed by atoms with Crippen LogP contribution in [0, 0.1) is 3.57 Å². The summed E-state index contributed by atoms with van der Waals surface area (Å²) in [6.45, 7) is 8.43. The van der Waals surface area contributed by atoms with Crippen molar-refractivity contribution in [3.05, 3.63) is 26.8 Å². The van der Waals surface area contributed by atoms with Crippen molar-refractivity contribution in [2.75, 3.05) is 0 Å². The van der Waals surface area contributed by atoms with Crippen LogP contribution in [-0.4, -0.2) is 5.11 Å². The summed E-state index contributed by atoms with van der Waals surface area (Å²) < 4.78 is 1.20. The maximum absolute atomic E-state index is 10.1. The fourth-order valence-electron chi connectivity index (χ4n) is 1.52. The fraction of sp³-hybridized carbons (Fsp3) is 0.500. The molecule has 0 fully saturated rings. The Morgan fingerprint density at radius 1 is 1.00 bits per heavy atom. The van der Waals surface area contributed by atoms with Gasteiger partial charge in [0.2, 0.25) is 0 Å². The Bertz CT molecular complexity index is 300. The Morgan fingerprint density at radius 3 is 1.64 bits per heavy atom. The van der Waals surface area contributed by atoms with Gasteiger partial charge in [-0.25, -0.2) is 0 Å². The van der Waals surface area contributed by atoms with Crippen LogP contribution in [0.5, 0.6) is 5.75 Å². The first kappa shape index (κ1) is 11.8. The van der Waals surface area contributed by atoms with E-state index >= 15 is 0 Å². The molecular weight excluding hydrogens is 287 g/mol. The largest absolute Gasteiger partial charge is 0.507 e. The van der Waals surface area contributed by atoms with Gasteiger partial charge in [0, 0.05) is 3.57 Å². The van der Waals surface area contributed by atoms with E-state index in [9.17, 15) is 5.11 Å². The third-order valence-electron chi connectivity index (χ3n) is 2.38.